The number of benzene rings is 7. The molecule has 0 spiro atoms. The van der Waals surface area contributed by atoms with Gasteiger partial charge in [-0.05, 0) is 124 Å². The Morgan fingerprint density at radius 2 is 1.09 bits per heavy atom. The summed E-state index contributed by atoms with van der Waals surface area (Å²) in [6.07, 6.45) is 1.84. The highest BCUT2D eigenvalue weighted by atomic mass is 16.3. The first-order valence-corrected chi connectivity index (χ1v) is 18.9. The van der Waals surface area contributed by atoms with E-state index in [1.54, 1.807) is 6.07 Å². The normalized spacial score (nSPS) is 11.1. The molecule has 0 aliphatic rings. The molecule has 7 aromatic carbocycles. The average molecular weight is 722 g/mol. The van der Waals surface area contributed by atoms with Gasteiger partial charge in [-0.15, -0.1) is 0 Å². The van der Waals surface area contributed by atoms with E-state index in [-0.39, 0.29) is 5.75 Å². The summed E-state index contributed by atoms with van der Waals surface area (Å²) in [4.78, 5) is 12.5. The van der Waals surface area contributed by atoms with E-state index in [9.17, 15) is 5.11 Å². The van der Waals surface area contributed by atoms with Crippen molar-refractivity contribution in [1.29, 1.82) is 0 Å². The van der Waals surface area contributed by atoms with E-state index in [0.717, 1.165) is 67.0 Å². The van der Waals surface area contributed by atoms with E-state index in [2.05, 4.69) is 164 Å². The van der Waals surface area contributed by atoms with Gasteiger partial charge in [-0.25, -0.2) is 9.97 Å². The Kier molecular flexibility index (Phi) is 9.14. The predicted octanol–water partition coefficient (Wildman–Crippen LogP) is 13.8. The van der Waals surface area contributed by atoms with Gasteiger partial charge in [-0.1, -0.05) is 127 Å². The quantitative estimate of drug-likeness (QED) is 0.170. The molecule has 1 N–H and O–H groups in total. The fraction of sp³-hybridized carbons (Fsp3) is 0.0385. The number of phenolic OH excluding ortho intramolecular Hbond substituents is 1. The molecule has 2 heterocycles. The van der Waals surface area contributed by atoms with Crippen LogP contribution in [-0.4, -0.2) is 15.1 Å². The van der Waals surface area contributed by atoms with Crippen LogP contribution in [0.25, 0.3) is 66.7 Å². The van der Waals surface area contributed by atoms with Crippen molar-refractivity contribution in [2.24, 2.45) is 0 Å². The molecule has 0 radical (unpaired) electrons. The molecule has 0 amide bonds. The van der Waals surface area contributed by atoms with Gasteiger partial charge < -0.3 is 5.11 Å². The summed E-state index contributed by atoms with van der Waals surface area (Å²) in [7, 11) is 0. The summed E-state index contributed by atoms with van der Waals surface area (Å²) >= 11 is 0. The molecule has 9 aromatic rings. The van der Waals surface area contributed by atoms with Gasteiger partial charge in [0, 0.05) is 28.4 Å². The highest BCUT2D eigenvalue weighted by Crippen LogP contribution is 2.43. The van der Waals surface area contributed by atoms with Crippen LogP contribution in [0.1, 0.15) is 11.1 Å². The number of aromatic nitrogens is 2. The highest BCUT2D eigenvalue weighted by Gasteiger charge is 2.20. The Bertz CT molecular complexity index is 2810. The third kappa shape index (κ3) is 6.69. The molecule has 9 rings (SSSR count). The molecule has 0 fully saturated rings. The van der Waals surface area contributed by atoms with Crippen LogP contribution in [0.5, 0.6) is 5.75 Å². The van der Waals surface area contributed by atoms with E-state index in [4.69, 9.17) is 9.97 Å². The van der Waals surface area contributed by atoms with Gasteiger partial charge in [0.25, 0.3) is 0 Å². The van der Waals surface area contributed by atoms with Crippen molar-refractivity contribution in [1.82, 2.24) is 9.97 Å². The van der Waals surface area contributed by atoms with Gasteiger partial charge in [-0.2, -0.15) is 0 Å². The van der Waals surface area contributed by atoms with Crippen LogP contribution in [0.3, 0.4) is 0 Å². The summed E-state index contributed by atoms with van der Waals surface area (Å²) in [6.45, 7) is 4.30. The van der Waals surface area contributed by atoms with Crippen molar-refractivity contribution in [2.75, 3.05) is 4.90 Å². The number of fused-ring (bicyclic) bond motifs is 1. The van der Waals surface area contributed by atoms with E-state index < -0.39 is 0 Å². The number of nitrogens with zero attached hydrogens (tertiary/aromatic N) is 3. The van der Waals surface area contributed by atoms with Gasteiger partial charge >= 0.3 is 0 Å². The first-order valence-electron chi connectivity index (χ1n) is 18.9. The molecular formula is C52H39N3O. The largest absolute Gasteiger partial charge is 0.507 e. The standard InChI is InChI=1S/C52H39N3O/c1-35-14-12-15-36(2)52(35)43-33-47(54-48(34-43)46-21-8-9-23-50(46)56)42-30-41(39-27-25-38(26-28-39)37-16-4-3-5-17-37)31-44(32-42)55(51-24-10-11-29-53-51)49-22-13-19-40-18-6-7-20-45(40)49/h3-34,56H,1-2H3. The Hall–Kier alpha value is -7.30. The predicted molar refractivity (Wildman–Crippen MR) is 233 cm³/mol. The third-order valence-electron chi connectivity index (χ3n) is 10.5. The summed E-state index contributed by atoms with van der Waals surface area (Å²) in [5.41, 5.74) is 14.1. The molecule has 4 nitrogen and oxygen atoms in total. The first kappa shape index (κ1) is 34.5. The second-order valence-electron chi connectivity index (χ2n) is 14.1. The molecule has 0 bridgehead atoms. The van der Waals surface area contributed by atoms with Crippen molar-refractivity contribution in [3.05, 3.63) is 205 Å². The zero-order valence-corrected chi connectivity index (χ0v) is 31.3. The maximum Gasteiger partial charge on any atom is 0.137 e. The van der Waals surface area contributed by atoms with Gasteiger partial charge in [0.05, 0.1) is 17.1 Å². The topological polar surface area (TPSA) is 49.2 Å². The molecule has 0 saturated heterocycles. The molecule has 0 aliphatic carbocycles. The Balaban J connectivity index is 1.31. The molecule has 268 valence electrons. The maximum atomic E-state index is 11.1. The Morgan fingerprint density at radius 3 is 1.86 bits per heavy atom. The minimum absolute atomic E-state index is 0.190. The lowest BCUT2D eigenvalue weighted by atomic mass is 9.92. The molecule has 0 unspecified atom stereocenters. The van der Waals surface area contributed by atoms with Crippen molar-refractivity contribution in [3.8, 4) is 61.6 Å². The van der Waals surface area contributed by atoms with Crippen LogP contribution >= 0.6 is 0 Å². The summed E-state index contributed by atoms with van der Waals surface area (Å²) in [6, 6.07) is 64.9. The van der Waals surface area contributed by atoms with Gasteiger partial charge in [0.1, 0.15) is 11.6 Å². The lowest BCUT2D eigenvalue weighted by Gasteiger charge is -2.27. The molecule has 56 heavy (non-hydrogen) atoms. The highest BCUT2D eigenvalue weighted by molar-refractivity contribution is 5.99. The number of phenols is 1. The SMILES string of the molecule is Cc1cccc(C)c1-c1cc(-c2cc(-c3ccc(-c4ccccc4)cc3)cc(N(c3ccccn3)c3cccc4ccccc34)c2)nc(-c2ccccc2O)c1. The number of aryl methyl sites for hydroxylation is 2. The second kappa shape index (κ2) is 14.8. The van der Waals surface area contributed by atoms with Crippen LogP contribution in [0.15, 0.2) is 194 Å². The summed E-state index contributed by atoms with van der Waals surface area (Å²) in [5, 5.41) is 13.4. The van der Waals surface area contributed by atoms with Gasteiger partial charge in [-0.3, -0.25) is 4.90 Å². The van der Waals surface area contributed by atoms with E-state index in [1.165, 1.54) is 16.7 Å². The van der Waals surface area contributed by atoms with Crippen LogP contribution in [0, 0.1) is 13.8 Å². The number of aromatic hydroxyl groups is 1. The monoisotopic (exact) mass is 721 g/mol. The Morgan fingerprint density at radius 1 is 0.464 bits per heavy atom. The molecule has 0 aliphatic heterocycles. The van der Waals surface area contributed by atoms with Crippen molar-refractivity contribution < 1.29 is 5.11 Å². The van der Waals surface area contributed by atoms with Crippen molar-refractivity contribution in [3.63, 3.8) is 0 Å². The number of anilines is 3. The number of para-hydroxylation sites is 1. The fourth-order valence-corrected chi connectivity index (χ4v) is 7.75. The smallest absolute Gasteiger partial charge is 0.137 e. The fourth-order valence-electron chi connectivity index (χ4n) is 7.75. The summed E-state index contributed by atoms with van der Waals surface area (Å²) in [5.74, 6) is 0.994. The zero-order valence-electron chi connectivity index (χ0n) is 31.3. The lowest BCUT2D eigenvalue weighted by Crippen LogP contribution is -2.12. The minimum Gasteiger partial charge on any atom is -0.507 e. The summed E-state index contributed by atoms with van der Waals surface area (Å²) < 4.78 is 0. The van der Waals surface area contributed by atoms with Crippen LogP contribution in [0.4, 0.5) is 17.2 Å². The Labute approximate surface area is 327 Å². The zero-order chi connectivity index (χ0) is 38.0. The van der Waals surface area contributed by atoms with E-state index in [0.29, 0.717) is 11.3 Å². The number of hydrogen-bond acceptors (Lipinski definition) is 4. The molecule has 4 heteroatoms. The molecule has 0 atom stereocenters. The second-order valence-corrected chi connectivity index (χ2v) is 14.1. The maximum absolute atomic E-state index is 11.1. The number of pyridine rings is 2. The number of hydrogen-bond donors (Lipinski definition) is 1. The van der Waals surface area contributed by atoms with Crippen LogP contribution in [0.2, 0.25) is 0 Å². The minimum atomic E-state index is 0.190. The van der Waals surface area contributed by atoms with Crippen LogP contribution in [-0.2, 0) is 0 Å². The van der Waals surface area contributed by atoms with E-state index >= 15 is 0 Å². The lowest BCUT2D eigenvalue weighted by molar-refractivity contribution is 0.477. The van der Waals surface area contributed by atoms with Crippen molar-refractivity contribution in [2.45, 2.75) is 13.8 Å². The van der Waals surface area contributed by atoms with E-state index in [1.807, 2.05) is 42.6 Å². The third-order valence-corrected chi connectivity index (χ3v) is 10.5. The molecule has 0 saturated carbocycles. The molecule has 2 aromatic heterocycles. The van der Waals surface area contributed by atoms with Gasteiger partial charge in [0.15, 0.2) is 0 Å². The first-order chi connectivity index (χ1) is 27.5. The average Bonchev–Trinajstić information content (AvgIpc) is 3.24. The van der Waals surface area contributed by atoms with Crippen molar-refractivity contribution >= 4 is 28.0 Å². The molecular weight excluding hydrogens is 683 g/mol. The number of rotatable bonds is 8. The van der Waals surface area contributed by atoms with Crippen LogP contribution < -0.4 is 4.90 Å². The van der Waals surface area contributed by atoms with Gasteiger partial charge in [0.2, 0.25) is 0 Å².